The number of nitrogens with two attached hydrogens (primary N) is 1. The fraction of sp³-hybridized carbons (Fsp3) is 0.455. The molecule has 0 amide bonds. The van der Waals surface area contributed by atoms with E-state index in [4.69, 9.17) is 5.73 Å². The van der Waals surface area contributed by atoms with Crippen LogP contribution in [-0.2, 0) is 23.1 Å². The molecule has 0 saturated carbocycles. The molecule has 0 aliphatic rings. The normalized spacial score (nSPS) is 11.8. The van der Waals surface area contributed by atoms with Gasteiger partial charge in [0, 0.05) is 38.2 Å². The molecule has 8 nitrogen and oxygen atoms in total. The number of aryl methyl sites for hydroxylation is 2. The summed E-state index contributed by atoms with van der Waals surface area (Å²) in [6.07, 6.45) is 5.59. The second kappa shape index (κ2) is 6.06. The summed E-state index contributed by atoms with van der Waals surface area (Å²) in [7, 11) is -3.61. The van der Waals surface area contributed by atoms with Gasteiger partial charge in [0.1, 0.15) is 4.90 Å². The Bertz CT molecular complexity index is 647. The fourth-order valence-corrected chi connectivity index (χ4v) is 2.89. The van der Waals surface area contributed by atoms with E-state index in [9.17, 15) is 8.42 Å². The number of rotatable bonds is 7. The highest BCUT2D eigenvalue weighted by Gasteiger charge is 2.20. The van der Waals surface area contributed by atoms with Gasteiger partial charge in [-0.15, -0.1) is 0 Å². The Balaban J connectivity index is 1.91. The van der Waals surface area contributed by atoms with Gasteiger partial charge in [0.15, 0.2) is 5.82 Å². The van der Waals surface area contributed by atoms with Crippen LogP contribution in [0.25, 0.3) is 0 Å². The van der Waals surface area contributed by atoms with Crippen molar-refractivity contribution >= 4 is 15.8 Å². The summed E-state index contributed by atoms with van der Waals surface area (Å²) in [5.41, 5.74) is 5.62. The highest BCUT2D eigenvalue weighted by Crippen LogP contribution is 2.15. The van der Waals surface area contributed by atoms with Crippen molar-refractivity contribution in [3.8, 4) is 0 Å². The number of anilines is 1. The zero-order valence-corrected chi connectivity index (χ0v) is 12.0. The average Bonchev–Trinajstić information content (AvgIpc) is 3.04. The quantitative estimate of drug-likeness (QED) is 0.702. The average molecular weight is 298 g/mol. The topological polar surface area (TPSA) is 108 Å². The van der Waals surface area contributed by atoms with E-state index in [0.29, 0.717) is 26.1 Å². The van der Waals surface area contributed by atoms with Crippen LogP contribution in [-0.4, -0.2) is 34.5 Å². The van der Waals surface area contributed by atoms with Crippen LogP contribution in [0.4, 0.5) is 5.82 Å². The molecule has 20 heavy (non-hydrogen) atoms. The second-order valence-corrected chi connectivity index (χ2v) is 5.99. The Morgan fingerprint density at radius 2 is 2.20 bits per heavy atom. The van der Waals surface area contributed by atoms with E-state index in [0.717, 1.165) is 0 Å². The third-order valence-corrected chi connectivity index (χ3v) is 4.26. The molecule has 3 N–H and O–H groups in total. The summed E-state index contributed by atoms with van der Waals surface area (Å²) in [5, 5.41) is 7.97. The lowest BCUT2D eigenvalue weighted by atomic mass is 10.4. The summed E-state index contributed by atoms with van der Waals surface area (Å²) in [5.74, 6) is 0.0198. The summed E-state index contributed by atoms with van der Waals surface area (Å²) in [6, 6.07) is 1.82. The number of nitrogens with one attached hydrogen (secondary N) is 1. The fourth-order valence-electron chi connectivity index (χ4n) is 1.75. The Morgan fingerprint density at radius 1 is 1.40 bits per heavy atom. The lowest BCUT2D eigenvalue weighted by Gasteiger charge is -2.05. The van der Waals surface area contributed by atoms with Gasteiger partial charge in [-0.05, 0) is 19.4 Å². The zero-order chi connectivity index (χ0) is 14.6. The van der Waals surface area contributed by atoms with E-state index < -0.39 is 10.0 Å². The SMILES string of the molecule is CCn1cc(S(=O)(=O)NCCCn2cccn2)c(N)n1. The van der Waals surface area contributed by atoms with E-state index >= 15 is 0 Å². The number of nitrogen functional groups attached to an aromatic ring is 1. The predicted octanol–water partition coefficient (Wildman–Crippen LogP) is 0.0503. The Kier molecular flexibility index (Phi) is 4.40. The molecule has 0 radical (unpaired) electrons. The molecule has 0 spiro atoms. The van der Waals surface area contributed by atoms with Crippen LogP contribution in [0.15, 0.2) is 29.6 Å². The number of hydrogen-bond acceptors (Lipinski definition) is 5. The summed E-state index contributed by atoms with van der Waals surface area (Å²) in [6.45, 7) is 3.40. The first kappa shape index (κ1) is 14.5. The maximum absolute atomic E-state index is 12.1. The molecule has 110 valence electrons. The molecule has 0 unspecified atom stereocenters. The van der Waals surface area contributed by atoms with Gasteiger partial charge in [-0.25, -0.2) is 13.1 Å². The molecule has 2 aromatic heterocycles. The largest absolute Gasteiger partial charge is 0.381 e. The van der Waals surface area contributed by atoms with Crippen LogP contribution in [0, 0.1) is 0 Å². The molecule has 0 bridgehead atoms. The maximum atomic E-state index is 12.1. The maximum Gasteiger partial charge on any atom is 0.245 e. The predicted molar refractivity (Wildman–Crippen MR) is 74.3 cm³/mol. The number of aromatic nitrogens is 4. The van der Waals surface area contributed by atoms with E-state index in [1.54, 1.807) is 10.9 Å². The van der Waals surface area contributed by atoms with Crippen LogP contribution in [0.3, 0.4) is 0 Å². The Morgan fingerprint density at radius 3 is 2.80 bits per heavy atom. The standard InChI is InChI=1S/C11H18N6O2S/c1-2-16-9-10(11(12)15-16)20(18,19)14-6-4-8-17-7-3-5-13-17/h3,5,7,9,14H,2,4,6,8H2,1H3,(H2,12,15). The van der Waals surface area contributed by atoms with Crippen LogP contribution >= 0.6 is 0 Å². The lowest BCUT2D eigenvalue weighted by molar-refractivity contribution is 0.553. The molecule has 0 atom stereocenters. The van der Waals surface area contributed by atoms with Gasteiger partial charge in [-0.2, -0.15) is 10.2 Å². The third-order valence-electron chi connectivity index (χ3n) is 2.78. The molecule has 2 heterocycles. The summed E-state index contributed by atoms with van der Waals surface area (Å²) >= 11 is 0. The van der Waals surface area contributed by atoms with E-state index in [-0.39, 0.29) is 10.7 Å². The number of nitrogens with zero attached hydrogens (tertiary/aromatic N) is 4. The van der Waals surface area contributed by atoms with Gasteiger partial charge in [-0.1, -0.05) is 0 Å². The minimum atomic E-state index is -3.61. The van der Waals surface area contributed by atoms with Crippen LogP contribution in [0.2, 0.25) is 0 Å². The highest BCUT2D eigenvalue weighted by atomic mass is 32.2. The van der Waals surface area contributed by atoms with Gasteiger partial charge in [0.25, 0.3) is 0 Å². The molecular formula is C11H18N6O2S. The molecule has 0 saturated heterocycles. The van der Waals surface area contributed by atoms with Crippen LogP contribution in [0.5, 0.6) is 0 Å². The van der Waals surface area contributed by atoms with Gasteiger partial charge in [0.2, 0.25) is 10.0 Å². The monoisotopic (exact) mass is 298 g/mol. The zero-order valence-electron chi connectivity index (χ0n) is 11.2. The van der Waals surface area contributed by atoms with Crippen molar-refractivity contribution in [3.05, 3.63) is 24.7 Å². The van der Waals surface area contributed by atoms with Gasteiger partial charge in [0.05, 0.1) is 0 Å². The van der Waals surface area contributed by atoms with Gasteiger partial charge in [-0.3, -0.25) is 9.36 Å². The first-order valence-electron chi connectivity index (χ1n) is 6.33. The van der Waals surface area contributed by atoms with E-state index in [2.05, 4.69) is 14.9 Å². The van der Waals surface area contributed by atoms with Crippen LogP contribution < -0.4 is 10.5 Å². The van der Waals surface area contributed by atoms with Crippen molar-refractivity contribution in [2.24, 2.45) is 0 Å². The molecule has 0 aromatic carbocycles. The van der Waals surface area contributed by atoms with Crippen LogP contribution in [0.1, 0.15) is 13.3 Å². The summed E-state index contributed by atoms with van der Waals surface area (Å²) in [4.78, 5) is 0.0263. The molecule has 0 aliphatic carbocycles. The molecule has 0 aliphatic heterocycles. The molecular weight excluding hydrogens is 280 g/mol. The highest BCUT2D eigenvalue weighted by molar-refractivity contribution is 7.89. The van der Waals surface area contributed by atoms with Crippen molar-refractivity contribution in [2.75, 3.05) is 12.3 Å². The van der Waals surface area contributed by atoms with E-state index in [1.165, 1.54) is 10.9 Å². The summed E-state index contributed by atoms with van der Waals surface area (Å²) < 4.78 is 29.9. The van der Waals surface area contributed by atoms with Crippen molar-refractivity contribution in [1.29, 1.82) is 0 Å². The Hall–Kier alpha value is -1.87. The molecule has 2 rings (SSSR count). The van der Waals surface area contributed by atoms with Crippen molar-refractivity contribution in [1.82, 2.24) is 24.3 Å². The van der Waals surface area contributed by atoms with Crippen molar-refractivity contribution < 1.29 is 8.42 Å². The minimum Gasteiger partial charge on any atom is -0.381 e. The number of hydrogen-bond donors (Lipinski definition) is 2. The molecule has 9 heteroatoms. The second-order valence-electron chi connectivity index (χ2n) is 4.25. The smallest absolute Gasteiger partial charge is 0.245 e. The van der Waals surface area contributed by atoms with Crippen molar-refractivity contribution in [3.63, 3.8) is 0 Å². The Labute approximate surface area is 117 Å². The molecule has 2 aromatic rings. The van der Waals surface area contributed by atoms with Gasteiger partial charge < -0.3 is 5.73 Å². The lowest BCUT2D eigenvalue weighted by Crippen LogP contribution is -2.26. The van der Waals surface area contributed by atoms with E-state index in [1.807, 2.05) is 19.2 Å². The van der Waals surface area contributed by atoms with Crippen molar-refractivity contribution in [2.45, 2.75) is 31.3 Å². The number of sulfonamides is 1. The third kappa shape index (κ3) is 3.36. The molecule has 0 fully saturated rings. The minimum absolute atomic E-state index is 0.0198. The first-order valence-corrected chi connectivity index (χ1v) is 7.81. The first-order chi connectivity index (χ1) is 9.53. The van der Waals surface area contributed by atoms with Gasteiger partial charge >= 0.3 is 0 Å².